The molecular formula is C14H18N4O3. The molecule has 3 rings (SSSR count). The van der Waals surface area contributed by atoms with Crippen molar-refractivity contribution in [3.8, 4) is 0 Å². The molecule has 2 heterocycles. The van der Waals surface area contributed by atoms with E-state index in [9.17, 15) is 9.59 Å². The average molecular weight is 290 g/mol. The van der Waals surface area contributed by atoms with Crippen LogP contribution in [-0.4, -0.2) is 50.8 Å². The summed E-state index contributed by atoms with van der Waals surface area (Å²) in [6, 6.07) is 7.14. The van der Waals surface area contributed by atoms with Crippen molar-refractivity contribution in [1.82, 2.24) is 10.6 Å². The summed E-state index contributed by atoms with van der Waals surface area (Å²) in [7, 11) is 0. The number of carbonyl (C=O) groups excluding carboxylic acids is 2. The second-order valence-electron chi connectivity index (χ2n) is 4.99. The van der Waals surface area contributed by atoms with E-state index in [1.807, 2.05) is 12.1 Å². The molecule has 3 N–H and O–H groups in total. The predicted octanol–water partition coefficient (Wildman–Crippen LogP) is 0.143. The number of hydrogen-bond donors (Lipinski definition) is 3. The normalized spacial score (nSPS) is 22.0. The first kappa shape index (κ1) is 13.8. The maximum absolute atomic E-state index is 12.1. The van der Waals surface area contributed by atoms with Crippen LogP contribution >= 0.6 is 0 Å². The minimum absolute atomic E-state index is 0.113. The average Bonchev–Trinajstić information content (AvgIpc) is 2.94. The van der Waals surface area contributed by atoms with E-state index in [2.05, 4.69) is 16.0 Å². The van der Waals surface area contributed by atoms with Gasteiger partial charge in [0.2, 0.25) is 0 Å². The van der Waals surface area contributed by atoms with E-state index in [4.69, 9.17) is 4.74 Å². The van der Waals surface area contributed by atoms with Gasteiger partial charge in [0, 0.05) is 37.6 Å². The molecule has 1 aromatic rings. The number of ether oxygens (including phenoxy) is 1. The van der Waals surface area contributed by atoms with Gasteiger partial charge in [-0.15, -0.1) is 0 Å². The minimum atomic E-state index is -0.475. The number of hydrogen-bond acceptors (Lipinski definition) is 4. The molecule has 0 bridgehead atoms. The summed E-state index contributed by atoms with van der Waals surface area (Å²) in [5.41, 5.74) is 1.43. The number of nitrogens with zero attached hydrogens (tertiary/aromatic N) is 1. The first-order chi connectivity index (χ1) is 10.2. The third-order valence-electron chi connectivity index (χ3n) is 3.50. The first-order valence-corrected chi connectivity index (χ1v) is 7.03. The number of amides is 3. The van der Waals surface area contributed by atoms with Crippen LogP contribution in [-0.2, 0) is 9.53 Å². The number of carbonyl (C=O) groups is 2. The molecule has 0 aromatic heterocycles. The van der Waals surface area contributed by atoms with Crippen LogP contribution in [0.1, 0.15) is 0 Å². The summed E-state index contributed by atoms with van der Waals surface area (Å²) >= 11 is 0. The van der Waals surface area contributed by atoms with Crippen LogP contribution in [0.3, 0.4) is 0 Å². The van der Waals surface area contributed by atoms with Gasteiger partial charge in [-0.3, -0.25) is 9.69 Å². The largest absolute Gasteiger partial charge is 0.366 e. The second-order valence-corrected chi connectivity index (χ2v) is 4.99. The van der Waals surface area contributed by atoms with Crippen LogP contribution in [0.4, 0.5) is 16.2 Å². The molecule has 1 atom stereocenters. The monoisotopic (exact) mass is 290 g/mol. The Morgan fingerprint density at radius 2 is 2.29 bits per heavy atom. The summed E-state index contributed by atoms with van der Waals surface area (Å²) in [5, 5.41) is 8.70. The lowest BCUT2D eigenvalue weighted by atomic mass is 10.2. The van der Waals surface area contributed by atoms with E-state index in [-0.39, 0.29) is 11.9 Å². The van der Waals surface area contributed by atoms with Crippen LogP contribution in [0.15, 0.2) is 24.3 Å². The molecule has 2 fully saturated rings. The van der Waals surface area contributed by atoms with Gasteiger partial charge < -0.3 is 20.7 Å². The molecule has 0 radical (unpaired) electrons. The van der Waals surface area contributed by atoms with Crippen molar-refractivity contribution in [3.63, 3.8) is 0 Å². The standard InChI is InChI=1S/C14H18N4O3/c19-13(12-9-15-5-7-21-12)17-10-2-1-3-11(8-10)18-6-4-16-14(18)20/h1-3,8,12,15H,4-7,9H2,(H,16,20)(H,17,19). The molecule has 2 aliphatic heterocycles. The summed E-state index contributed by atoms with van der Waals surface area (Å²) < 4.78 is 5.41. The zero-order chi connectivity index (χ0) is 14.7. The van der Waals surface area contributed by atoms with Crippen LogP contribution in [0.25, 0.3) is 0 Å². The van der Waals surface area contributed by atoms with Crippen LogP contribution < -0.4 is 20.9 Å². The van der Waals surface area contributed by atoms with Crippen LogP contribution in [0, 0.1) is 0 Å². The Bertz CT molecular complexity index is 543. The summed E-state index contributed by atoms with van der Waals surface area (Å²) in [5.74, 6) is -0.176. The number of nitrogens with one attached hydrogen (secondary N) is 3. The van der Waals surface area contributed by atoms with Gasteiger partial charge in [-0.25, -0.2) is 4.79 Å². The molecule has 112 valence electrons. The molecule has 0 spiro atoms. The maximum Gasteiger partial charge on any atom is 0.321 e. The lowest BCUT2D eigenvalue weighted by molar-refractivity contribution is -0.128. The van der Waals surface area contributed by atoms with Crippen LogP contribution in [0.5, 0.6) is 0 Å². The molecule has 2 saturated heterocycles. The van der Waals surface area contributed by atoms with Gasteiger partial charge >= 0.3 is 6.03 Å². The molecule has 7 heteroatoms. The minimum Gasteiger partial charge on any atom is -0.366 e. The highest BCUT2D eigenvalue weighted by atomic mass is 16.5. The fourth-order valence-electron chi connectivity index (χ4n) is 2.43. The Balaban J connectivity index is 1.68. The Labute approximate surface area is 122 Å². The molecule has 7 nitrogen and oxygen atoms in total. The van der Waals surface area contributed by atoms with Gasteiger partial charge in [-0.05, 0) is 18.2 Å². The topological polar surface area (TPSA) is 82.7 Å². The van der Waals surface area contributed by atoms with Crippen molar-refractivity contribution >= 4 is 23.3 Å². The van der Waals surface area contributed by atoms with Gasteiger partial charge in [0.15, 0.2) is 0 Å². The number of benzene rings is 1. The third-order valence-corrected chi connectivity index (χ3v) is 3.50. The van der Waals surface area contributed by atoms with E-state index in [1.54, 1.807) is 17.0 Å². The second kappa shape index (κ2) is 6.11. The number of morpholine rings is 1. The van der Waals surface area contributed by atoms with Gasteiger partial charge in [-0.2, -0.15) is 0 Å². The molecule has 1 aromatic carbocycles. The molecule has 21 heavy (non-hydrogen) atoms. The van der Waals surface area contributed by atoms with Crippen LogP contribution in [0.2, 0.25) is 0 Å². The Morgan fingerprint density at radius 1 is 1.38 bits per heavy atom. The van der Waals surface area contributed by atoms with Crippen molar-refractivity contribution in [2.24, 2.45) is 0 Å². The Kier molecular flexibility index (Phi) is 4.03. The summed E-state index contributed by atoms with van der Waals surface area (Å²) in [4.78, 5) is 25.4. The van der Waals surface area contributed by atoms with E-state index in [0.29, 0.717) is 31.9 Å². The molecule has 3 amide bonds. The molecule has 1 unspecified atom stereocenters. The van der Waals surface area contributed by atoms with E-state index in [1.165, 1.54) is 0 Å². The summed E-state index contributed by atoms with van der Waals surface area (Å²) in [6.45, 7) is 3.08. The first-order valence-electron chi connectivity index (χ1n) is 7.03. The Hall–Kier alpha value is -2.12. The molecular weight excluding hydrogens is 272 g/mol. The number of anilines is 2. The van der Waals surface area contributed by atoms with Crippen molar-refractivity contribution in [3.05, 3.63) is 24.3 Å². The van der Waals surface area contributed by atoms with Gasteiger partial charge in [0.05, 0.1) is 6.61 Å². The predicted molar refractivity (Wildman–Crippen MR) is 78.4 cm³/mol. The highest BCUT2D eigenvalue weighted by Crippen LogP contribution is 2.21. The van der Waals surface area contributed by atoms with E-state index in [0.717, 1.165) is 12.2 Å². The molecule has 2 aliphatic rings. The lowest BCUT2D eigenvalue weighted by Gasteiger charge is -2.23. The fraction of sp³-hybridized carbons (Fsp3) is 0.429. The van der Waals surface area contributed by atoms with E-state index < -0.39 is 6.10 Å². The maximum atomic E-state index is 12.1. The highest BCUT2D eigenvalue weighted by molar-refractivity contribution is 5.97. The van der Waals surface area contributed by atoms with Crippen molar-refractivity contribution in [2.45, 2.75) is 6.10 Å². The highest BCUT2D eigenvalue weighted by Gasteiger charge is 2.23. The lowest BCUT2D eigenvalue weighted by Crippen LogP contribution is -2.45. The number of rotatable bonds is 3. The van der Waals surface area contributed by atoms with Gasteiger partial charge in [0.25, 0.3) is 5.91 Å². The zero-order valence-electron chi connectivity index (χ0n) is 11.6. The van der Waals surface area contributed by atoms with Crippen molar-refractivity contribution in [1.29, 1.82) is 0 Å². The van der Waals surface area contributed by atoms with Crippen molar-refractivity contribution < 1.29 is 14.3 Å². The van der Waals surface area contributed by atoms with Crippen molar-refractivity contribution in [2.75, 3.05) is 43.0 Å². The third kappa shape index (κ3) is 3.14. The Morgan fingerprint density at radius 3 is 3.00 bits per heavy atom. The molecule has 0 aliphatic carbocycles. The van der Waals surface area contributed by atoms with Gasteiger partial charge in [-0.1, -0.05) is 6.07 Å². The smallest absolute Gasteiger partial charge is 0.321 e. The quantitative estimate of drug-likeness (QED) is 0.739. The SMILES string of the molecule is O=C(Nc1cccc(N2CCNC2=O)c1)C1CNCCO1. The van der Waals surface area contributed by atoms with E-state index >= 15 is 0 Å². The summed E-state index contributed by atoms with van der Waals surface area (Å²) in [6.07, 6.45) is -0.475. The molecule has 0 saturated carbocycles. The number of urea groups is 1. The van der Waals surface area contributed by atoms with Gasteiger partial charge in [0.1, 0.15) is 6.10 Å². The fourth-order valence-corrected chi connectivity index (χ4v) is 2.43. The zero-order valence-corrected chi connectivity index (χ0v) is 11.6.